The van der Waals surface area contributed by atoms with Crippen molar-refractivity contribution >= 4 is 5.97 Å². The minimum absolute atomic E-state index is 0.00335. The fourth-order valence-corrected chi connectivity index (χ4v) is 14.7. The van der Waals surface area contributed by atoms with Gasteiger partial charge in [0.1, 0.15) is 0 Å². The summed E-state index contributed by atoms with van der Waals surface area (Å²) in [5.41, 5.74) is 13.3. The first-order valence-corrected chi connectivity index (χ1v) is 20.9. The zero-order valence-electron chi connectivity index (χ0n) is 30.5. The van der Waals surface area contributed by atoms with Gasteiger partial charge in [0.05, 0.1) is 0 Å². The molecule has 0 aliphatic heterocycles. The molecule has 3 nitrogen and oxygen atoms in total. The summed E-state index contributed by atoms with van der Waals surface area (Å²) in [6.07, 6.45) is 17.7. The van der Waals surface area contributed by atoms with Crippen LogP contribution in [0.4, 0.5) is 2.86 Å². The second-order valence-corrected chi connectivity index (χ2v) is 21.0. The molecule has 0 spiro atoms. The molecule has 0 bridgehead atoms. The van der Waals surface area contributed by atoms with Gasteiger partial charge in [0.25, 0.3) is 0 Å². The summed E-state index contributed by atoms with van der Waals surface area (Å²) in [6.45, 7) is 20.0. The fourth-order valence-electron chi connectivity index (χ4n) is 13.6. The summed E-state index contributed by atoms with van der Waals surface area (Å²) in [4.78, 5) is 13.3. The molecule has 0 unspecified atom stereocenters. The summed E-state index contributed by atoms with van der Waals surface area (Å²) < 4.78 is 19.5. The van der Waals surface area contributed by atoms with Crippen molar-refractivity contribution < 1.29 is 34.2 Å². The van der Waals surface area contributed by atoms with Crippen LogP contribution in [0, 0.1) is 51.2 Å². The molecule has 4 fully saturated rings. The Labute approximate surface area is 301 Å². The van der Waals surface area contributed by atoms with Crippen LogP contribution in [0.15, 0.2) is 65.8 Å². The normalized spacial score (nSPS) is 44.7. The zero-order valence-corrected chi connectivity index (χ0v) is 32.6. The van der Waals surface area contributed by atoms with Crippen LogP contribution in [0.2, 0.25) is 0 Å². The van der Waals surface area contributed by atoms with E-state index in [1.54, 1.807) is 0 Å². The second kappa shape index (κ2) is 12.1. The number of alkyl halides is 1. The molecule has 2 N–H and O–H groups in total. The molecule has 48 heavy (non-hydrogen) atoms. The summed E-state index contributed by atoms with van der Waals surface area (Å²) in [5.74, 6) is 2.80. The van der Waals surface area contributed by atoms with Gasteiger partial charge in [-0.3, -0.25) is 0 Å². The van der Waals surface area contributed by atoms with E-state index in [0.717, 1.165) is 18.4 Å². The smallest absolute Gasteiger partial charge is 0.0134 e. The van der Waals surface area contributed by atoms with E-state index in [-0.39, 0.29) is 28.9 Å². The van der Waals surface area contributed by atoms with E-state index in [9.17, 15) is 7.65 Å². The van der Waals surface area contributed by atoms with Gasteiger partial charge in [-0.1, -0.05) is 12.2 Å². The molecule has 7 rings (SSSR count). The Balaban J connectivity index is 1.12. The molecule has 6 aliphatic rings. The van der Waals surface area contributed by atoms with Crippen molar-refractivity contribution in [3.05, 3.63) is 71.3 Å². The molecular formula is C43H60FINO2-. The van der Waals surface area contributed by atoms with Gasteiger partial charge in [0, 0.05) is 5.54 Å². The van der Waals surface area contributed by atoms with E-state index in [1.807, 2.05) is 30.3 Å². The minimum atomic E-state index is -1.80. The van der Waals surface area contributed by atoms with Crippen LogP contribution >= 0.6 is 0 Å². The number of benzene rings is 1. The first-order chi connectivity index (χ1) is 22.7. The third-order valence-electron chi connectivity index (χ3n) is 16.2. The Morgan fingerprint density at radius 1 is 0.917 bits per heavy atom. The number of rotatable bonds is 6. The van der Waals surface area contributed by atoms with Gasteiger partial charge in [0.2, 0.25) is 0 Å². The number of nitrogens with two attached hydrogens (primary N) is 1. The fraction of sp³-hybridized carbons (Fsp3) is 0.698. The molecule has 0 saturated heterocycles. The average Bonchev–Trinajstić information content (AvgIpc) is 3.42. The number of carbonyl (C=O) groups is 1. The second-order valence-electron chi connectivity index (χ2n) is 18.5. The Morgan fingerprint density at radius 3 is 2.33 bits per heavy atom. The Morgan fingerprint density at radius 2 is 1.67 bits per heavy atom. The van der Waals surface area contributed by atoms with Crippen molar-refractivity contribution in [2.75, 3.05) is 0 Å². The van der Waals surface area contributed by atoms with E-state index < -0.39 is 25.2 Å². The molecule has 264 valence electrons. The molecule has 5 heteroatoms. The Hall–Kier alpha value is -1.47. The first-order valence-electron chi connectivity index (χ1n) is 19.0. The molecule has 0 aromatic heterocycles. The van der Waals surface area contributed by atoms with Crippen LogP contribution in [0.1, 0.15) is 124 Å². The third-order valence-corrected chi connectivity index (χ3v) is 18.4. The summed E-state index contributed by atoms with van der Waals surface area (Å²) >= 11 is -1.80. The van der Waals surface area contributed by atoms with E-state index in [0.29, 0.717) is 53.3 Å². The van der Waals surface area contributed by atoms with Crippen molar-refractivity contribution in [1.82, 2.24) is 0 Å². The Bertz CT molecular complexity index is 1520. The van der Waals surface area contributed by atoms with Crippen LogP contribution in [-0.4, -0.2) is 14.9 Å². The molecule has 4 saturated carbocycles. The number of esters is 1. The molecular weight excluding hydrogens is 708 g/mol. The summed E-state index contributed by atoms with van der Waals surface area (Å²) in [7, 11) is 0. The molecule has 1 aromatic carbocycles. The van der Waals surface area contributed by atoms with Gasteiger partial charge in [-0.25, -0.2) is 0 Å². The topological polar surface area (TPSA) is 52.3 Å². The van der Waals surface area contributed by atoms with Crippen LogP contribution in [0.3, 0.4) is 0 Å². The van der Waals surface area contributed by atoms with E-state index in [1.165, 1.54) is 68.1 Å². The van der Waals surface area contributed by atoms with Crippen molar-refractivity contribution in [1.29, 1.82) is 0 Å². The predicted molar refractivity (Wildman–Crippen MR) is 189 cm³/mol. The van der Waals surface area contributed by atoms with Gasteiger partial charge in [-0.05, 0) is 38.0 Å². The van der Waals surface area contributed by atoms with Crippen molar-refractivity contribution in [2.45, 2.75) is 134 Å². The quantitative estimate of drug-likeness (QED) is 0.142. The van der Waals surface area contributed by atoms with Gasteiger partial charge < -0.3 is 5.73 Å². The standard InChI is InChI=1S/C43H60FINO2/c1-28(2)31-17-24-43(46)26-25-40(6)33(36(31)43)13-14-35-39(5)20-18-32(38(3,4)34(39)19-21-41(35,40)7)30-15-22-42(45-44,23-16-30)37(47)48-27-29-11-9-8-10-12-29/h8-12,15,18,31,33-36H,1,13-14,16-17,19-27,46H2,2-7H3/q-1/t31-,33+,34-,35+,36+,39-,40+,41+,42+,43-/m0/s1. The maximum atomic E-state index is 14.8. The van der Waals surface area contributed by atoms with Crippen molar-refractivity contribution in [3.63, 3.8) is 0 Å². The van der Waals surface area contributed by atoms with Crippen LogP contribution in [0.5, 0.6) is 0 Å². The van der Waals surface area contributed by atoms with Gasteiger partial charge in [-0.2, -0.15) is 0 Å². The molecule has 6 aliphatic carbocycles. The first kappa shape index (κ1) is 35.0. The Kier molecular flexibility index (Phi) is 8.78. The minimum Gasteiger partial charge on any atom is -0.0134 e. The summed E-state index contributed by atoms with van der Waals surface area (Å²) in [6, 6.07) is 9.72. The summed E-state index contributed by atoms with van der Waals surface area (Å²) in [5, 5.41) is 0. The van der Waals surface area contributed by atoms with Crippen LogP contribution in [0.25, 0.3) is 0 Å². The van der Waals surface area contributed by atoms with Crippen LogP contribution in [-0.2, 0) is 16.1 Å². The number of ether oxygens (including phenoxy) is 1. The van der Waals surface area contributed by atoms with E-state index in [2.05, 4.69) is 60.3 Å². The van der Waals surface area contributed by atoms with Gasteiger partial charge in [0.15, 0.2) is 0 Å². The molecule has 1 aromatic rings. The van der Waals surface area contributed by atoms with E-state index in [4.69, 9.17) is 10.5 Å². The number of hydrogen-bond donors (Lipinski definition) is 1. The third kappa shape index (κ3) is 5.03. The van der Waals surface area contributed by atoms with Crippen LogP contribution < -0.4 is 27.5 Å². The van der Waals surface area contributed by atoms with Gasteiger partial charge >= 0.3 is 241 Å². The maximum absolute atomic E-state index is 14.8. The number of halogens is 2. The molecule has 10 atom stereocenters. The monoisotopic (exact) mass is 768 g/mol. The van der Waals surface area contributed by atoms with Crippen molar-refractivity contribution in [2.24, 2.45) is 57.0 Å². The molecule has 0 radical (unpaired) electrons. The number of fused-ring (bicyclic) bond motifs is 7. The number of allylic oxidation sites excluding steroid dienone is 5. The predicted octanol–water partition coefficient (Wildman–Crippen LogP) is 7.46. The zero-order chi connectivity index (χ0) is 34.3. The number of carbonyl (C=O) groups excluding carboxylic acids is 1. The SMILES string of the molecule is C=C(C)[C@@H]1CC[C@]2(N)CC[C@]3(C)[C@H](CC[C@@H]4[C@@]5(C)CC=C(C6=CC[C@]([I-]F)(C(=O)OCc7ccccc7)CC6)C(C)(C)[C@@H]5CC[C@]43C)[C@@H]12. The number of hydrogen-bond acceptors (Lipinski definition) is 3. The van der Waals surface area contributed by atoms with Crippen molar-refractivity contribution in [3.8, 4) is 0 Å². The van der Waals surface area contributed by atoms with E-state index >= 15 is 0 Å². The average molecular weight is 769 g/mol. The van der Waals surface area contributed by atoms with Gasteiger partial charge in [-0.15, -0.1) is 0 Å². The maximum Gasteiger partial charge on any atom is -0.0134 e. The molecule has 0 amide bonds. The largest absolute Gasteiger partial charge is 0.0134 e. The molecule has 0 heterocycles.